The number of phosphoric ester groups is 1. The van der Waals surface area contributed by atoms with E-state index in [1.165, 1.54) is 212 Å². The van der Waals surface area contributed by atoms with E-state index in [-0.39, 0.29) is 32.0 Å². The first-order valence-electron chi connectivity index (χ1n) is 30.2. The molecule has 2 unspecified atom stereocenters. The first-order valence-corrected chi connectivity index (χ1v) is 31.7. The summed E-state index contributed by atoms with van der Waals surface area (Å²) in [5, 5.41) is 0. The number of hydrogen-bond acceptors (Lipinski definition) is 8. The molecular weight excluding hydrogens is 906 g/mol. The molecule has 0 spiro atoms. The Balaban J connectivity index is 3.87. The van der Waals surface area contributed by atoms with Gasteiger partial charge in [0, 0.05) is 12.8 Å². The zero-order valence-corrected chi connectivity index (χ0v) is 48.3. The van der Waals surface area contributed by atoms with Gasteiger partial charge in [0.15, 0.2) is 6.10 Å². The number of phosphoric acid groups is 1. The Labute approximate surface area is 440 Å². The second-order valence-electron chi connectivity index (χ2n) is 21.7. The van der Waals surface area contributed by atoms with Gasteiger partial charge in [-0.25, -0.2) is 0 Å². The van der Waals surface area contributed by atoms with Crippen LogP contribution in [-0.2, 0) is 32.7 Å². The van der Waals surface area contributed by atoms with Gasteiger partial charge in [0.25, 0.3) is 7.82 Å². The fourth-order valence-electron chi connectivity index (χ4n) is 8.72. The SMILES string of the molecule is CCCCCCC/C=C\C/C=C\C/C=C\CCCCCCCCCCCCCCCCCCCCCCCCC(=O)OC(COC(=O)CCCCCCCCCCCC)COP(=O)([O-])OCC[N+](C)(C)C. The first kappa shape index (κ1) is 69.2. The third-order valence-electron chi connectivity index (χ3n) is 13.4. The molecule has 0 aromatic rings. The highest BCUT2D eigenvalue weighted by Gasteiger charge is 2.22. The van der Waals surface area contributed by atoms with Gasteiger partial charge < -0.3 is 27.9 Å². The summed E-state index contributed by atoms with van der Waals surface area (Å²) < 4.78 is 34.0. The number of hydrogen-bond donors (Lipinski definition) is 0. The van der Waals surface area contributed by atoms with Crippen molar-refractivity contribution in [1.29, 1.82) is 0 Å². The Morgan fingerprint density at radius 2 is 0.761 bits per heavy atom. The van der Waals surface area contributed by atoms with Crippen LogP contribution in [0.15, 0.2) is 36.5 Å². The van der Waals surface area contributed by atoms with Gasteiger partial charge >= 0.3 is 11.9 Å². The number of carbonyl (C=O) groups is 2. The number of ether oxygens (including phenoxy) is 2. The zero-order chi connectivity index (χ0) is 52.0. The molecule has 0 N–H and O–H groups in total. The van der Waals surface area contributed by atoms with Crippen LogP contribution in [0.2, 0.25) is 0 Å². The lowest BCUT2D eigenvalue weighted by atomic mass is 10.0. The summed E-state index contributed by atoms with van der Waals surface area (Å²) in [7, 11) is 1.18. The molecule has 0 amide bonds. The fourth-order valence-corrected chi connectivity index (χ4v) is 9.45. The second kappa shape index (κ2) is 53.1. The standard InChI is InChI=1S/C61H116NO8P/c1-6-8-10-12-14-16-18-19-20-21-22-23-24-25-26-27-28-29-30-31-32-33-34-35-36-37-38-39-40-41-42-43-44-46-48-50-52-54-61(64)70-59(58-69-71(65,66)68-56-55-62(3,4)5)57-67-60(63)53-51-49-47-45-17-15-13-11-9-7-2/h18-19,21-22,24-25,59H,6-17,20,23,26-58H2,1-5H3/b19-18-,22-21-,25-24-. The first-order chi connectivity index (χ1) is 34.5. The lowest BCUT2D eigenvalue weighted by Gasteiger charge is -2.28. The minimum absolute atomic E-state index is 0.0277. The minimum atomic E-state index is -4.62. The second-order valence-corrected chi connectivity index (χ2v) is 23.1. The van der Waals surface area contributed by atoms with E-state index in [4.69, 9.17) is 18.5 Å². The van der Waals surface area contributed by atoms with E-state index in [1.54, 1.807) is 0 Å². The average molecular weight is 1020 g/mol. The van der Waals surface area contributed by atoms with E-state index in [1.807, 2.05) is 21.1 Å². The number of unbranched alkanes of at least 4 members (excludes halogenated alkanes) is 36. The van der Waals surface area contributed by atoms with E-state index in [0.29, 0.717) is 17.4 Å². The molecule has 0 saturated heterocycles. The summed E-state index contributed by atoms with van der Waals surface area (Å²) in [5.74, 6) is -0.822. The Bertz CT molecular complexity index is 1300. The number of allylic oxidation sites excluding steroid dienone is 6. The number of esters is 2. The van der Waals surface area contributed by atoms with Crippen molar-refractivity contribution in [1.82, 2.24) is 0 Å². The number of carbonyl (C=O) groups excluding carboxylic acids is 2. The molecule has 0 heterocycles. The van der Waals surface area contributed by atoms with Gasteiger partial charge in [-0.05, 0) is 51.4 Å². The van der Waals surface area contributed by atoms with Crippen LogP contribution in [0.25, 0.3) is 0 Å². The third-order valence-corrected chi connectivity index (χ3v) is 14.4. The van der Waals surface area contributed by atoms with Crippen molar-refractivity contribution in [3.8, 4) is 0 Å². The van der Waals surface area contributed by atoms with Crippen LogP contribution in [0.1, 0.15) is 290 Å². The Hall–Kier alpha value is -1.77. The van der Waals surface area contributed by atoms with E-state index in [2.05, 4.69) is 50.3 Å². The Kier molecular flexibility index (Phi) is 51.7. The molecule has 2 atom stereocenters. The lowest BCUT2D eigenvalue weighted by molar-refractivity contribution is -0.870. The van der Waals surface area contributed by atoms with Gasteiger partial charge in [0.05, 0.1) is 27.7 Å². The van der Waals surface area contributed by atoms with Crippen LogP contribution >= 0.6 is 7.82 Å². The van der Waals surface area contributed by atoms with Gasteiger partial charge in [-0.3, -0.25) is 14.2 Å². The van der Waals surface area contributed by atoms with Crippen molar-refractivity contribution >= 4 is 19.8 Å². The summed E-state index contributed by atoms with van der Waals surface area (Å²) in [6.07, 6.45) is 65.2. The molecule has 0 aromatic carbocycles. The molecule has 0 aliphatic rings. The van der Waals surface area contributed by atoms with Crippen molar-refractivity contribution in [3.05, 3.63) is 36.5 Å². The summed E-state index contributed by atoms with van der Waals surface area (Å²) in [6, 6.07) is 0. The van der Waals surface area contributed by atoms with E-state index in [9.17, 15) is 19.0 Å². The van der Waals surface area contributed by atoms with Gasteiger partial charge in [-0.2, -0.15) is 0 Å². The predicted molar refractivity (Wildman–Crippen MR) is 301 cm³/mol. The number of rotatable bonds is 56. The molecule has 71 heavy (non-hydrogen) atoms. The predicted octanol–water partition coefficient (Wildman–Crippen LogP) is 18.1. The van der Waals surface area contributed by atoms with E-state index in [0.717, 1.165) is 44.9 Å². The Morgan fingerprint density at radius 1 is 0.437 bits per heavy atom. The fraction of sp³-hybridized carbons (Fsp3) is 0.869. The van der Waals surface area contributed by atoms with Crippen LogP contribution in [0.4, 0.5) is 0 Å². The van der Waals surface area contributed by atoms with Crippen molar-refractivity contribution in [2.45, 2.75) is 296 Å². The third kappa shape index (κ3) is 57.4. The molecule has 0 aliphatic carbocycles. The van der Waals surface area contributed by atoms with Crippen LogP contribution in [-0.4, -0.2) is 70.0 Å². The highest BCUT2D eigenvalue weighted by molar-refractivity contribution is 7.45. The number of likely N-dealkylation sites (N-methyl/N-ethyl adjacent to an activating group) is 1. The molecule has 0 aliphatic heterocycles. The largest absolute Gasteiger partial charge is 0.756 e. The molecule has 0 rings (SSSR count). The average Bonchev–Trinajstić information content (AvgIpc) is 3.33. The van der Waals surface area contributed by atoms with Gasteiger partial charge in [-0.15, -0.1) is 0 Å². The molecule has 9 nitrogen and oxygen atoms in total. The number of nitrogens with zero attached hydrogens (tertiary/aromatic N) is 1. The maximum absolute atomic E-state index is 12.8. The van der Waals surface area contributed by atoms with Crippen LogP contribution in [0.3, 0.4) is 0 Å². The van der Waals surface area contributed by atoms with Gasteiger partial charge in [-0.1, -0.05) is 262 Å². The monoisotopic (exact) mass is 1020 g/mol. The highest BCUT2D eigenvalue weighted by Crippen LogP contribution is 2.38. The summed E-state index contributed by atoms with van der Waals surface area (Å²) in [5.41, 5.74) is 0. The lowest BCUT2D eigenvalue weighted by Crippen LogP contribution is -2.37. The summed E-state index contributed by atoms with van der Waals surface area (Å²) in [4.78, 5) is 37.7. The van der Waals surface area contributed by atoms with Crippen LogP contribution < -0.4 is 4.89 Å². The molecule has 418 valence electrons. The topological polar surface area (TPSA) is 111 Å². The van der Waals surface area contributed by atoms with E-state index < -0.39 is 26.5 Å². The smallest absolute Gasteiger partial charge is 0.306 e. The Morgan fingerprint density at radius 3 is 1.13 bits per heavy atom. The van der Waals surface area contributed by atoms with Crippen molar-refractivity contribution < 1.29 is 42.1 Å². The maximum atomic E-state index is 12.8. The molecule has 0 radical (unpaired) electrons. The molecule has 10 heteroatoms. The van der Waals surface area contributed by atoms with Crippen molar-refractivity contribution in [2.75, 3.05) is 47.5 Å². The van der Waals surface area contributed by atoms with Crippen molar-refractivity contribution in [3.63, 3.8) is 0 Å². The van der Waals surface area contributed by atoms with Crippen molar-refractivity contribution in [2.24, 2.45) is 0 Å². The quantitative estimate of drug-likeness (QED) is 0.0195. The van der Waals surface area contributed by atoms with E-state index >= 15 is 0 Å². The van der Waals surface area contributed by atoms with Gasteiger partial charge in [0.2, 0.25) is 0 Å². The molecular formula is C61H116NO8P. The molecule has 0 fully saturated rings. The zero-order valence-electron chi connectivity index (χ0n) is 47.4. The normalized spacial score (nSPS) is 13.5. The summed E-state index contributed by atoms with van der Waals surface area (Å²) >= 11 is 0. The molecule has 0 bridgehead atoms. The molecule has 0 aromatic heterocycles. The van der Waals surface area contributed by atoms with Gasteiger partial charge in [0.1, 0.15) is 19.8 Å². The van der Waals surface area contributed by atoms with Crippen LogP contribution in [0, 0.1) is 0 Å². The minimum Gasteiger partial charge on any atom is -0.756 e. The molecule has 0 saturated carbocycles. The van der Waals surface area contributed by atoms with Crippen LogP contribution in [0.5, 0.6) is 0 Å². The number of quaternary nitrogens is 1. The highest BCUT2D eigenvalue weighted by atomic mass is 31.2. The maximum Gasteiger partial charge on any atom is 0.306 e. The summed E-state index contributed by atoms with van der Waals surface area (Å²) in [6.45, 7) is 4.24.